The fraction of sp³-hybridized carbons (Fsp3) is 0.583. The molecule has 0 spiro atoms. The zero-order valence-corrected chi connectivity index (χ0v) is 13.2. The SMILES string of the molecule is CCCNC(=O)c1sc(NC2CC2)c(S(C)(=O)=O)c1N. The minimum atomic E-state index is -3.47. The molecule has 1 aromatic rings. The molecule has 1 amide bonds. The third-order valence-corrected chi connectivity index (χ3v) is 5.36. The van der Waals surface area contributed by atoms with E-state index in [9.17, 15) is 13.2 Å². The van der Waals surface area contributed by atoms with Gasteiger partial charge in [-0.1, -0.05) is 6.92 Å². The fourth-order valence-electron chi connectivity index (χ4n) is 1.79. The maximum absolute atomic E-state index is 12.0. The summed E-state index contributed by atoms with van der Waals surface area (Å²) in [6.07, 6.45) is 3.94. The number of hydrogen-bond acceptors (Lipinski definition) is 6. The molecule has 8 heteroatoms. The number of sulfone groups is 1. The zero-order valence-electron chi connectivity index (χ0n) is 11.5. The molecule has 4 N–H and O–H groups in total. The van der Waals surface area contributed by atoms with Crippen LogP contribution in [0.4, 0.5) is 10.7 Å². The highest BCUT2D eigenvalue weighted by Gasteiger charge is 2.30. The first-order chi connectivity index (χ1) is 9.34. The molecule has 1 saturated carbocycles. The molecule has 0 atom stereocenters. The Morgan fingerprint density at radius 2 is 2.10 bits per heavy atom. The lowest BCUT2D eigenvalue weighted by Crippen LogP contribution is -2.24. The lowest BCUT2D eigenvalue weighted by atomic mass is 10.3. The van der Waals surface area contributed by atoms with Gasteiger partial charge in [-0.3, -0.25) is 4.79 Å². The van der Waals surface area contributed by atoms with E-state index in [1.54, 1.807) is 0 Å². The summed E-state index contributed by atoms with van der Waals surface area (Å²) in [6, 6.07) is 0.292. The van der Waals surface area contributed by atoms with Gasteiger partial charge in [-0.25, -0.2) is 8.42 Å². The molecule has 20 heavy (non-hydrogen) atoms. The molecule has 0 bridgehead atoms. The molecule has 1 aromatic heterocycles. The number of carbonyl (C=O) groups excluding carboxylic acids is 1. The van der Waals surface area contributed by atoms with Gasteiger partial charge in [0.05, 0.1) is 5.69 Å². The molecule has 6 nitrogen and oxygen atoms in total. The van der Waals surface area contributed by atoms with Crippen molar-refractivity contribution in [2.24, 2.45) is 0 Å². The average Bonchev–Trinajstić information content (AvgIpc) is 3.08. The summed E-state index contributed by atoms with van der Waals surface area (Å²) in [5.74, 6) is -0.317. The van der Waals surface area contributed by atoms with E-state index in [4.69, 9.17) is 5.73 Å². The standard InChI is InChI=1S/C12H19N3O3S2/c1-3-6-14-11(16)9-8(13)10(20(2,17)18)12(19-9)15-7-4-5-7/h7,15H,3-6,13H2,1-2H3,(H,14,16). The lowest BCUT2D eigenvalue weighted by Gasteiger charge is -2.04. The van der Waals surface area contributed by atoms with E-state index in [2.05, 4.69) is 10.6 Å². The van der Waals surface area contributed by atoms with E-state index in [1.807, 2.05) is 6.92 Å². The molecule has 0 radical (unpaired) electrons. The molecular weight excluding hydrogens is 298 g/mol. The van der Waals surface area contributed by atoms with Crippen molar-refractivity contribution < 1.29 is 13.2 Å². The summed E-state index contributed by atoms with van der Waals surface area (Å²) in [5.41, 5.74) is 5.94. The Morgan fingerprint density at radius 3 is 2.60 bits per heavy atom. The first kappa shape index (κ1) is 15.1. The van der Waals surface area contributed by atoms with Crippen LogP contribution in [0.2, 0.25) is 0 Å². The van der Waals surface area contributed by atoms with Crippen LogP contribution in [0.5, 0.6) is 0 Å². The van der Waals surface area contributed by atoms with Gasteiger partial charge in [0.15, 0.2) is 9.84 Å². The number of rotatable bonds is 6. The Hall–Kier alpha value is -1.28. The van der Waals surface area contributed by atoms with Crippen LogP contribution >= 0.6 is 11.3 Å². The van der Waals surface area contributed by atoms with Crippen molar-refractivity contribution in [3.8, 4) is 0 Å². The number of hydrogen-bond donors (Lipinski definition) is 3. The maximum atomic E-state index is 12.0. The topological polar surface area (TPSA) is 101 Å². The number of nitrogens with one attached hydrogen (secondary N) is 2. The van der Waals surface area contributed by atoms with Crippen LogP contribution in [0.3, 0.4) is 0 Å². The maximum Gasteiger partial charge on any atom is 0.263 e. The summed E-state index contributed by atoms with van der Waals surface area (Å²) in [7, 11) is -3.47. The monoisotopic (exact) mass is 317 g/mol. The molecule has 1 heterocycles. The smallest absolute Gasteiger partial charge is 0.263 e. The van der Waals surface area contributed by atoms with E-state index in [1.165, 1.54) is 0 Å². The minimum Gasteiger partial charge on any atom is -0.396 e. The quantitative estimate of drug-likeness (QED) is 0.737. The zero-order chi connectivity index (χ0) is 14.9. The Morgan fingerprint density at radius 1 is 1.45 bits per heavy atom. The molecule has 2 rings (SSSR count). The number of carbonyl (C=O) groups is 1. The predicted octanol–water partition coefficient (Wildman–Crippen LogP) is 1.45. The van der Waals surface area contributed by atoms with Crippen molar-refractivity contribution in [3.05, 3.63) is 4.88 Å². The Balaban J connectivity index is 2.38. The largest absolute Gasteiger partial charge is 0.396 e. The highest BCUT2D eigenvalue weighted by molar-refractivity contribution is 7.91. The normalized spacial score (nSPS) is 15.1. The second kappa shape index (κ2) is 5.61. The first-order valence-electron chi connectivity index (χ1n) is 6.51. The van der Waals surface area contributed by atoms with E-state index in [-0.39, 0.29) is 21.4 Å². The van der Waals surface area contributed by atoms with Crippen LogP contribution in [0, 0.1) is 0 Å². The van der Waals surface area contributed by atoms with Crippen LogP contribution in [-0.2, 0) is 9.84 Å². The van der Waals surface area contributed by atoms with Gasteiger partial charge in [0, 0.05) is 18.8 Å². The molecule has 1 aliphatic rings. The lowest BCUT2D eigenvalue weighted by molar-refractivity contribution is 0.0958. The van der Waals surface area contributed by atoms with Crippen LogP contribution < -0.4 is 16.4 Å². The van der Waals surface area contributed by atoms with E-state index in [0.717, 1.165) is 36.9 Å². The first-order valence-corrected chi connectivity index (χ1v) is 9.22. The molecular formula is C12H19N3O3S2. The Labute approximate surface area is 122 Å². The second-order valence-corrected chi connectivity index (χ2v) is 7.92. The van der Waals surface area contributed by atoms with Crippen LogP contribution in [0.25, 0.3) is 0 Å². The van der Waals surface area contributed by atoms with Crippen LogP contribution in [0.15, 0.2) is 4.90 Å². The third kappa shape index (κ3) is 3.24. The van der Waals surface area contributed by atoms with Crippen molar-refractivity contribution in [1.29, 1.82) is 0 Å². The predicted molar refractivity (Wildman–Crippen MR) is 81.1 cm³/mol. The van der Waals surface area contributed by atoms with Crippen molar-refractivity contribution >= 4 is 37.8 Å². The van der Waals surface area contributed by atoms with E-state index in [0.29, 0.717) is 17.6 Å². The molecule has 0 aliphatic heterocycles. The molecule has 0 saturated heterocycles. The second-order valence-electron chi connectivity index (χ2n) is 4.95. The minimum absolute atomic E-state index is 0.0502. The summed E-state index contributed by atoms with van der Waals surface area (Å²) in [6.45, 7) is 2.48. The third-order valence-electron chi connectivity index (χ3n) is 2.92. The number of nitrogen functional groups attached to an aromatic ring is 1. The van der Waals surface area contributed by atoms with Crippen molar-refractivity contribution in [2.75, 3.05) is 23.9 Å². The van der Waals surface area contributed by atoms with Gasteiger partial charge in [-0.15, -0.1) is 11.3 Å². The summed E-state index contributed by atoms with van der Waals surface area (Å²) >= 11 is 1.11. The van der Waals surface area contributed by atoms with Gasteiger partial charge < -0.3 is 16.4 Å². The van der Waals surface area contributed by atoms with Crippen molar-refractivity contribution in [1.82, 2.24) is 5.32 Å². The van der Waals surface area contributed by atoms with Crippen molar-refractivity contribution in [3.63, 3.8) is 0 Å². The van der Waals surface area contributed by atoms with Crippen LogP contribution in [0.1, 0.15) is 35.9 Å². The van der Waals surface area contributed by atoms with Gasteiger partial charge >= 0.3 is 0 Å². The molecule has 0 aromatic carbocycles. The van der Waals surface area contributed by atoms with E-state index >= 15 is 0 Å². The highest BCUT2D eigenvalue weighted by atomic mass is 32.2. The molecule has 112 valence electrons. The number of thiophene rings is 1. The van der Waals surface area contributed by atoms with Gasteiger partial charge in [0.25, 0.3) is 5.91 Å². The van der Waals surface area contributed by atoms with Crippen molar-refractivity contribution in [2.45, 2.75) is 37.1 Å². The van der Waals surface area contributed by atoms with E-state index < -0.39 is 9.84 Å². The van der Waals surface area contributed by atoms with Gasteiger partial charge in [0.1, 0.15) is 14.8 Å². The Kier molecular flexibility index (Phi) is 4.24. The summed E-state index contributed by atoms with van der Waals surface area (Å²) in [5, 5.41) is 6.34. The number of anilines is 2. The fourth-order valence-corrected chi connectivity index (χ4v) is 4.34. The molecule has 0 unspecified atom stereocenters. The van der Waals surface area contributed by atoms with Gasteiger partial charge in [-0.2, -0.15) is 0 Å². The highest BCUT2D eigenvalue weighted by Crippen LogP contribution is 2.41. The van der Waals surface area contributed by atoms with Crippen LogP contribution in [-0.4, -0.2) is 33.2 Å². The number of amides is 1. The Bertz CT molecular complexity index is 618. The number of nitrogens with two attached hydrogens (primary N) is 1. The summed E-state index contributed by atoms with van der Waals surface area (Å²) in [4.78, 5) is 12.3. The molecule has 1 aliphatic carbocycles. The summed E-state index contributed by atoms with van der Waals surface area (Å²) < 4.78 is 23.8. The van der Waals surface area contributed by atoms with Gasteiger partial charge in [0.2, 0.25) is 0 Å². The van der Waals surface area contributed by atoms with Gasteiger partial charge in [-0.05, 0) is 19.3 Å². The molecule has 1 fully saturated rings. The average molecular weight is 317 g/mol.